The van der Waals surface area contributed by atoms with Crippen molar-refractivity contribution in [3.05, 3.63) is 35.4 Å². The highest BCUT2D eigenvalue weighted by Gasteiger charge is 2.30. The zero-order valence-corrected chi connectivity index (χ0v) is 25.9. The summed E-state index contributed by atoms with van der Waals surface area (Å²) in [5.74, 6) is 2.44. The molecule has 0 aliphatic carbocycles. The molecule has 1 rings (SSSR count). The van der Waals surface area contributed by atoms with Gasteiger partial charge in [-0.3, -0.25) is 4.57 Å². The van der Waals surface area contributed by atoms with Gasteiger partial charge in [0.05, 0.1) is 18.9 Å². The molecule has 0 aliphatic rings. The van der Waals surface area contributed by atoms with Crippen molar-refractivity contribution in [1.29, 1.82) is 0 Å². The fraction of sp³-hybridized carbons (Fsp3) is 0.806. The van der Waals surface area contributed by atoms with Gasteiger partial charge in [0, 0.05) is 5.92 Å². The zero-order valence-electron chi connectivity index (χ0n) is 24.2. The molecular weight excluding hydrogens is 499 g/mol. The predicted octanol–water partition coefficient (Wildman–Crippen LogP) is 9.52. The second-order valence-electron chi connectivity index (χ2n) is 10.6. The van der Waals surface area contributed by atoms with Crippen LogP contribution in [0.2, 0.25) is 0 Å². The zero-order chi connectivity index (χ0) is 27.2. The maximum absolute atomic E-state index is 12.4. The minimum atomic E-state index is -3.79. The summed E-state index contributed by atoms with van der Waals surface area (Å²) in [5, 5.41) is 11.0. The lowest BCUT2D eigenvalue weighted by atomic mass is 9.87. The van der Waals surface area contributed by atoms with Gasteiger partial charge in [0.1, 0.15) is 0 Å². The van der Waals surface area contributed by atoms with Gasteiger partial charge >= 0.3 is 7.60 Å². The first-order valence-corrected chi connectivity index (χ1v) is 18.2. The van der Waals surface area contributed by atoms with Crippen LogP contribution >= 0.6 is 19.4 Å². The topological polar surface area (TPSA) is 66.8 Å². The van der Waals surface area contributed by atoms with E-state index in [1.54, 1.807) is 0 Å². The van der Waals surface area contributed by atoms with Crippen LogP contribution in [-0.4, -0.2) is 40.4 Å². The van der Waals surface area contributed by atoms with E-state index in [0.29, 0.717) is 6.42 Å². The molecule has 216 valence electrons. The molecule has 0 spiro atoms. The van der Waals surface area contributed by atoms with E-state index in [-0.39, 0.29) is 18.7 Å². The van der Waals surface area contributed by atoms with E-state index in [0.717, 1.165) is 31.2 Å². The first-order valence-electron chi connectivity index (χ1n) is 15.2. The summed E-state index contributed by atoms with van der Waals surface area (Å²) in [7, 11) is -3.79. The average Bonchev–Trinajstić information content (AvgIpc) is 2.89. The van der Waals surface area contributed by atoms with Crippen molar-refractivity contribution >= 4 is 19.4 Å². The third kappa shape index (κ3) is 17.8. The molecule has 3 atom stereocenters. The number of aliphatic hydroxyl groups is 1. The largest absolute Gasteiger partial charge is 0.392 e. The molecular formula is C31H57O4PS. The maximum Gasteiger partial charge on any atom is 0.330 e. The number of hydrogen-bond donors (Lipinski definition) is 2. The second kappa shape index (κ2) is 22.5. The Morgan fingerprint density at radius 1 is 0.838 bits per heavy atom. The van der Waals surface area contributed by atoms with Crippen LogP contribution in [0.25, 0.3) is 0 Å². The van der Waals surface area contributed by atoms with Crippen molar-refractivity contribution < 1.29 is 19.1 Å². The quantitative estimate of drug-likeness (QED) is 0.0927. The van der Waals surface area contributed by atoms with Crippen LogP contribution in [-0.2, 0) is 15.5 Å². The molecule has 1 aromatic rings. The third-order valence-corrected chi connectivity index (χ3v) is 9.69. The van der Waals surface area contributed by atoms with Gasteiger partial charge in [0.15, 0.2) is 0 Å². The van der Waals surface area contributed by atoms with Gasteiger partial charge in [-0.15, -0.1) is 0 Å². The number of thioether (sulfide) groups is 1. The molecule has 2 N–H and O–H groups in total. The molecule has 0 heterocycles. The Labute approximate surface area is 233 Å². The number of aryl methyl sites for hydroxylation is 1. The number of unbranched alkanes of at least 4 members (excludes halogenated alkanes) is 11. The van der Waals surface area contributed by atoms with Gasteiger partial charge in [0.2, 0.25) is 0 Å². The summed E-state index contributed by atoms with van der Waals surface area (Å²) in [4.78, 5) is 10.2. The monoisotopic (exact) mass is 556 g/mol. The summed E-state index contributed by atoms with van der Waals surface area (Å²) in [6.45, 7) is 6.55. The Morgan fingerprint density at radius 3 is 2.03 bits per heavy atom. The Balaban J connectivity index is 2.29. The Bertz CT molecular complexity index is 714. The standard InChI is InChI=1S/C31H57O4PS/c1-4-7-8-9-10-11-14-17-24-37-25-18-15-12-13-16-22-30(29-21-19-20-28(6-3)26-29)31(32)27-36(33,34)35-23-5-2/h19-21,26,30-32H,4-18,22-25,27H2,1-3H3,(H,33,34). The molecule has 0 aliphatic heterocycles. The van der Waals surface area contributed by atoms with Gasteiger partial charge in [-0.25, -0.2) is 0 Å². The van der Waals surface area contributed by atoms with Crippen molar-refractivity contribution in [2.45, 2.75) is 136 Å². The summed E-state index contributed by atoms with van der Waals surface area (Å²) in [6, 6.07) is 8.32. The maximum atomic E-state index is 12.4. The molecule has 1 aromatic carbocycles. The van der Waals surface area contributed by atoms with Gasteiger partial charge < -0.3 is 14.5 Å². The minimum Gasteiger partial charge on any atom is -0.392 e. The molecule has 0 fully saturated rings. The number of hydrogen-bond acceptors (Lipinski definition) is 4. The van der Waals surface area contributed by atoms with E-state index in [4.69, 9.17) is 4.52 Å². The first kappa shape index (κ1) is 34.7. The predicted molar refractivity (Wildman–Crippen MR) is 163 cm³/mol. The van der Waals surface area contributed by atoms with Crippen molar-refractivity contribution in [3.8, 4) is 0 Å². The molecule has 0 aromatic heterocycles. The summed E-state index contributed by atoms with van der Waals surface area (Å²) in [6.07, 6.45) is 18.4. The SMILES string of the molecule is CCCCCCCCCCSCCCCCCCC(c1cccc(CC)c1)C(O)CP(=O)(O)OCCC. The fourth-order valence-corrected chi connectivity index (χ4v) is 7.14. The van der Waals surface area contributed by atoms with Crippen LogP contribution in [0.3, 0.4) is 0 Å². The smallest absolute Gasteiger partial charge is 0.330 e. The van der Waals surface area contributed by atoms with Crippen molar-refractivity contribution in [2.24, 2.45) is 0 Å². The van der Waals surface area contributed by atoms with Crippen molar-refractivity contribution in [2.75, 3.05) is 24.3 Å². The van der Waals surface area contributed by atoms with Crippen LogP contribution in [0.1, 0.15) is 134 Å². The van der Waals surface area contributed by atoms with E-state index in [2.05, 4.69) is 37.7 Å². The minimum absolute atomic E-state index is 0.139. The van der Waals surface area contributed by atoms with Crippen LogP contribution in [0, 0.1) is 0 Å². The summed E-state index contributed by atoms with van der Waals surface area (Å²) < 4.78 is 17.6. The average molecular weight is 557 g/mol. The molecule has 37 heavy (non-hydrogen) atoms. The van der Waals surface area contributed by atoms with Crippen LogP contribution in [0.4, 0.5) is 0 Å². The van der Waals surface area contributed by atoms with E-state index in [1.165, 1.54) is 87.7 Å². The van der Waals surface area contributed by atoms with Crippen LogP contribution in [0.5, 0.6) is 0 Å². The van der Waals surface area contributed by atoms with Gasteiger partial charge in [0.25, 0.3) is 0 Å². The lowest BCUT2D eigenvalue weighted by molar-refractivity contribution is 0.146. The second-order valence-corrected chi connectivity index (χ2v) is 13.7. The number of rotatable bonds is 25. The first-order chi connectivity index (χ1) is 17.9. The highest BCUT2D eigenvalue weighted by Crippen LogP contribution is 2.45. The molecule has 6 heteroatoms. The highest BCUT2D eigenvalue weighted by atomic mass is 32.2. The van der Waals surface area contributed by atoms with Crippen LogP contribution in [0.15, 0.2) is 24.3 Å². The van der Waals surface area contributed by atoms with E-state index in [1.807, 2.05) is 19.1 Å². The summed E-state index contributed by atoms with van der Waals surface area (Å²) in [5.41, 5.74) is 2.30. The van der Waals surface area contributed by atoms with Crippen molar-refractivity contribution in [3.63, 3.8) is 0 Å². The molecule has 4 nitrogen and oxygen atoms in total. The molecule has 0 saturated carbocycles. The Morgan fingerprint density at radius 2 is 1.43 bits per heavy atom. The third-order valence-electron chi connectivity index (χ3n) is 7.11. The van der Waals surface area contributed by atoms with E-state index < -0.39 is 13.7 Å². The van der Waals surface area contributed by atoms with Crippen LogP contribution < -0.4 is 0 Å². The molecule has 0 bridgehead atoms. The molecule has 3 unspecified atom stereocenters. The Kier molecular flexibility index (Phi) is 21.1. The molecule has 0 saturated heterocycles. The number of benzene rings is 1. The summed E-state index contributed by atoms with van der Waals surface area (Å²) >= 11 is 2.11. The Hall–Kier alpha value is -0.320. The normalized spacial score (nSPS) is 14.9. The van der Waals surface area contributed by atoms with Gasteiger partial charge in [-0.05, 0) is 54.7 Å². The lowest BCUT2D eigenvalue weighted by Crippen LogP contribution is -2.23. The van der Waals surface area contributed by atoms with Crippen molar-refractivity contribution in [1.82, 2.24) is 0 Å². The van der Waals surface area contributed by atoms with Gasteiger partial charge in [-0.2, -0.15) is 11.8 Å². The van der Waals surface area contributed by atoms with Gasteiger partial charge in [-0.1, -0.05) is 116 Å². The lowest BCUT2D eigenvalue weighted by Gasteiger charge is -2.25. The highest BCUT2D eigenvalue weighted by molar-refractivity contribution is 7.99. The van der Waals surface area contributed by atoms with E-state index in [9.17, 15) is 14.6 Å². The molecule has 0 radical (unpaired) electrons. The fourth-order valence-electron chi connectivity index (χ4n) is 4.81. The molecule has 0 amide bonds. The number of aliphatic hydroxyl groups excluding tert-OH is 1. The van der Waals surface area contributed by atoms with E-state index >= 15 is 0 Å².